The van der Waals surface area contributed by atoms with Crippen LogP contribution >= 0.6 is 0 Å². The van der Waals surface area contributed by atoms with E-state index in [1.807, 2.05) is 12.1 Å². The lowest BCUT2D eigenvalue weighted by molar-refractivity contribution is -0.170. The first-order valence-electron chi connectivity index (χ1n) is 6.04. The fourth-order valence-corrected chi connectivity index (χ4v) is 1.64. The number of halogens is 3. The molecule has 0 bridgehead atoms. The molecule has 0 aromatic heterocycles. The molecule has 0 saturated carbocycles. The second-order valence-corrected chi connectivity index (χ2v) is 4.83. The highest BCUT2D eigenvalue weighted by Gasteiger charge is 2.27. The standard InChI is InChI=1S/C14H17F3O2/c1-10(2)7-11-3-5-12(6-4-11)13(18)8-19-9-14(15,16)17/h3-6,10H,7-9H2,1-2H3. The topological polar surface area (TPSA) is 26.3 Å². The molecular weight excluding hydrogens is 257 g/mol. The number of carbonyl (C=O) groups excluding carboxylic acids is 1. The number of hydrogen-bond acceptors (Lipinski definition) is 2. The number of benzene rings is 1. The molecule has 0 heterocycles. The Morgan fingerprint density at radius 1 is 1.21 bits per heavy atom. The molecule has 0 fully saturated rings. The molecule has 0 aliphatic carbocycles. The first-order chi connectivity index (χ1) is 8.78. The smallest absolute Gasteiger partial charge is 0.364 e. The average molecular weight is 274 g/mol. The number of rotatable bonds is 6. The Kier molecular flexibility index (Phi) is 5.54. The SMILES string of the molecule is CC(C)Cc1ccc(C(=O)COCC(F)(F)F)cc1. The molecule has 19 heavy (non-hydrogen) atoms. The summed E-state index contributed by atoms with van der Waals surface area (Å²) >= 11 is 0. The van der Waals surface area contributed by atoms with Gasteiger partial charge in [0, 0.05) is 5.56 Å². The Morgan fingerprint density at radius 3 is 2.26 bits per heavy atom. The Bertz CT molecular complexity index is 408. The number of Topliss-reactive ketones (excluding diaryl/α,β-unsaturated/α-hetero) is 1. The van der Waals surface area contributed by atoms with Crippen LogP contribution in [0.25, 0.3) is 0 Å². The summed E-state index contributed by atoms with van der Waals surface area (Å²) in [6, 6.07) is 6.88. The van der Waals surface area contributed by atoms with Crippen molar-refractivity contribution in [2.45, 2.75) is 26.4 Å². The van der Waals surface area contributed by atoms with Gasteiger partial charge in [0.15, 0.2) is 5.78 Å². The molecule has 106 valence electrons. The second-order valence-electron chi connectivity index (χ2n) is 4.83. The van der Waals surface area contributed by atoms with E-state index in [1.165, 1.54) is 0 Å². The zero-order valence-corrected chi connectivity index (χ0v) is 11.0. The number of alkyl halides is 3. The monoisotopic (exact) mass is 274 g/mol. The number of ketones is 1. The highest BCUT2D eigenvalue weighted by molar-refractivity contribution is 5.97. The van der Waals surface area contributed by atoms with Crippen LogP contribution in [0.5, 0.6) is 0 Å². The van der Waals surface area contributed by atoms with E-state index >= 15 is 0 Å². The molecule has 1 rings (SSSR count). The molecule has 0 spiro atoms. The number of ether oxygens (including phenoxy) is 1. The summed E-state index contributed by atoms with van der Waals surface area (Å²) in [4.78, 5) is 11.6. The van der Waals surface area contributed by atoms with Crippen LogP contribution < -0.4 is 0 Å². The van der Waals surface area contributed by atoms with Gasteiger partial charge >= 0.3 is 6.18 Å². The third-order valence-electron chi connectivity index (χ3n) is 2.42. The van der Waals surface area contributed by atoms with E-state index in [2.05, 4.69) is 18.6 Å². The molecule has 2 nitrogen and oxygen atoms in total. The highest BCUT2D eigenvalue weighted by atomic mass is 19.4. The summed E-state index contributed by atoms with van der Waals surface area (Å²) in [5.41, 5.74) is 1.47. The van der Waals surface area contributed by atoms with Crippen molar-refractivity contribution in [3.05, 3.63) is 35.4 Å². The van der Waals surface area contributed by atoms with Crippen LogP contribution in [0.15, 0.2) is 24.3 Å². The normalized spacial score (nSPS) is 11.9. The minimum absolute atomic E-state index is 0.370. The zero-order chi connectivity index (χ0) is 14.5. The van der Waals surface area contributed by atoms with Crippen LogP contribution in [0.2, 0.25) is 0 Å². The largest absolute Gasteiger partial charge is 0.411 e. The van der Waals surface area contributed by atoms with Crippen molar-refractivity contribution in [1.82, 2.24) is 0 Å². The maximum atomic E-state index is 11.8. The molecule has 1 aromatic carbocycles. The number of carbonyl (C=O) groups is 1. The maximum Gasteiger partial charge on any atom is 0.411 e. The average Bonchev–Trinajstić information content (AvgIpc) is 2.27. The summed E-state index contributed by atoms with van der Waals surface area (Å²) < 4.78 is 39.9. The van der Waals surface area contributed by atoms with Gasteiger partial charge in [0.05, 0.1) is 0 Å². The van der Waals surface area contributed by atoms with E-state index in [0.29, 0.717) is 11.5 Å². The quantitative estimate of drug-likeness (QED) is 0.740. The Labute approximate surface area is 110 Å². The van der Waals surface area contributed by atoms with Crippen LogP contribution in [-0.2, 0) is 11.2 Å². The first-order valence-corrected chi connectivity index (χ1v) is 6.04. The van der Waals surface area contributed by atoms with Gasteiger partial charge in [0.1, 0.15) is 13.2 Å². The molecule has 0 amide bonds. The third-order valence-corrected chi connectivity index (χ3v) is 2.42. The van der Waals surface area contributed by atoms with E-state index in [0.717, 1.165) is 12.0 Å². The molecule has 0 saturated heterocycles. The van der Waals surface area contributed by atoms with Crippen LogP contribution in [0, 0.1) is 5.92 Å². The minimum Gasteiger partial charge on any atom is -0.364 e. The van der Waals surface area contributed by atoms with Crippen molar-refractivity contribution in [3.8, 4) is 0 Å². The lowest BCUT2D eigenvalue weighted by Gasteiger charge is -2.08. The van der Waals surface area contributed by atoms with Crippen LogP contribution in [0.3, 0.4) is 0 Å². The third kappa shape index (κ3) is 6.38. The van der Waals surface area contributed by atoms with Gasteiger partial charge in [-0.2, -0.15) is 13.2 Å². The van der Waals surface area contributed by atoms with Gasteiger partial charge < -0.3 is 4.74 Å². The van der Waals surface area contributed by atoms with Crippen LogP contribution in [0.4, 0.5) is 13.2 Å². The fourth-order valence-electron chi connectivity index (χ4n) is 1.64. The Morgan fingerprint density at radius 2 is 1.79 bits per heavy atom. The van der Waals surface area contributed by atoms with Crippen molar-refractivity contribution in [3.63, 3.8) is 0 Å². The first kappa shape index (κ1) is 15.7. The van der Waals surface area contributed by atoms with Crippen LogP contribution in [0.1, 0.15) is 29.8 Å². The summed E-state index contributed by atoms with van der Waals surface area (Å²) in [6.07, 6.45) is -3.50. The summed E-state index contributed by atoms with van der Waals surface area (Å²) in [5, 5.41) is 0. The number of hydrogen-bond donors (Lipinski definition) is 0. The van der Waals surface area contributed by atoms with Gasteiger partial charge in [-0.25, -0.2) is 0 Å². The van der Waals surface area contributed by atoms with E-state index in [9.17, 15) is 18.0 Å². The minimum atomic E-state index is -4.40. The lowest BCUT2D eigenvalue weighted by atomic mass is 10.0. The van der Waals surface area contributed by atoms with Crippen molar-refractivity contribution >= 4 is 5.78 Å². The fraction of sp³-hybridized carbons (Fsp3) is 0.500. The van der Waals surface area contributed by atoms with Gasteiger partial charge in [0.2, 0.25) is 0 Å². The second kappa shape index (κ2) is 6.70. The molecule has 0 aliphatic heterocycles. The van der Waals surface area contributed by atoms with Gasteiger partial charge in [-0.15, -0.1) is 0 Å². The van der Waals surface area contributed by atoms with E-state index in [4.69, 9.17) is 0 Å². The molecule has 1 aromatic rings. The van der Waals surface area contributed by atoms with E-state index < -0.39 is 25.2 Å². The van der Waals surface area contributed by atoms with E-state index in [-0.39, 0.29) is 0 Å². The molecule has 0 unspecified atom stereocenters. The predicted octanol–water partition coefficient (Wildman–Crippen LogP) is 3.65. The predicted molar refractivity (Wildman–Crippen MR) is 66.2 cm³/mol. The molecule has 0 atom stereocenters. The van der Waals surface area contributed by atoms with E-state index in [1.54, 1.807) is 12.1 Å². The van der Waals surface area contributed by atoms with Gasteiger partial charge in [-0.1, -0.05) is 38.1 Å². The van der Waals surface area contributed by atoms with Crippen molar-refractivity contribution < 1.29 is 22.7 Å². The van der Waals surface area contributed by atoms with Gasteiger partial charge in [-0.05, 0) is 17.9 Å². The Hall–Kier alpha value is -1.36. The molecule has 0 aliphatic rings. The van der Waals surface area contributed by atoms with Gasteiger partial charge in [0.25, 0.3) is 0 Å². The molecule has 0 N–H and O–H groups in total. The molecule has 5 heteroatoms. The Balaban J connectivity index is 2.49. The lowest BCUT2D eigenvalue weighted by Crippen LogP contribution is -2.20. The molecule has 0 radical (unpaired) electrons. The van der Waals surface area contributed by atoms with Crippen molar-refractivity contribution in [2.75, 3.05) is 13.2 Å². The summed E-state index contributed by atoms with van der Waals surface area (Å²) in [7, 11) is 0. The maximum absolute atomic E-state index is 11.8. The van der Waals surface area contributed by atoms with Crippen molar-refractivity contribution in [1.29, 1.82) is 0 Å². The summed E-state index contributed by atoms with van der Waals surface area (Å²) in [5.74, 6) is 0.0667. The summed E-state index contributed by atoms with van der Waals surface area (Å²) in [6.45, 7) is 2.22. The van der Waals surface area contributed by atoms with Crippen molar-refractivity contribution in [2.24, 2.45) is 5.92 Å². The van der Waals surface area contributed by atoms with Gasteiger partial charge in [-0.3, -0.25) is 4.79 Å². The zero-order valence-electron chi connectivity index (χ0n) is 11.0. The molecular formula is C14H17F3O2. The highest BCUT2D eigenvalue weighted by Crippen LogP contribution is 2.15. The van der Waals surface area contributed by atoms with Crippen LogP contribution in [-0.4, -0.2) is 25.2 Å².